The lowest BCUT2D eigenvalue weighted by Crippen LogP contribution is -2.35. The lowest BCUT2D eigenvalue weighted by molar-refractivity contribution is -0.162. The normalized spacial score (nSPS) is 15.8. The van der Waals surface area contributed by atoms with Gasteiger partial charge in [0.2, 0.25) is 5.60 Å². The maximum atomic E-state index is 10.5. The first kappa shape index (κ1) is 9.68. The van der Waals surface area contributed by atoms with E-state index in [0.717, 1.165) is 0 Å². The van der Waals surface area contributed by atoms with Gasteiger partial charge >= 0.3 is 5.97 Å². The largest absolute Gasteiger partial charge is 0.478 e. The Balaban J connectivity index is 4.50. The zero-order valence-electron chi connectivity index (χ0n) is 6.40. The molecule has 1 N–H and O–H groups in total. The highest BCUT2D eigenvalue weighted by molar-refractivity contribution is 5.80. The van der Waals surface area contributed by atoms with E-state index in [4.69, 9.17) is 5.11 Å². The van der Waals surface area contributed by atoms with E-state index in [1.54, 1.807) is 6.92 Å². The number of aliphatic carboxylic acids is 1. The second kappa shape index (κ2) is 3.75. The topological polar surface area (TPSA) is 63.6 Å². The zero-order valence-corrected chi connectivity index (χ0v) is 6.40. The summed E-state index contributed by atoms with van der Waals surface area (Å²) in [6.45, 7) is 3.06. The number of ether oxygens (including phenoxy) is 1. The van der Waals surface area contributed by atoms with Gasteiger partial charge in [-0.1, -0.05) is 6.08 Å². The Morgan fingerprint density at radius 1 is 1.64 bits per heavy atom. The maximum Gasteiger partial charge on any atom is 0.352 e. The molecule has 0 aromatic carbocycles. The summed E-state index contributed by atoms with van der Waals surface area (Å²) in [5.41, 5.74) is -1.53. The summed E-state index contributed by atoms with van der Waals surface area (Å²) < 4.78 is 4.36. The van der Waals surface area contributed by atoms with Gasteiger partial charge in [-0.25, -0.2) is 4.79 Å². The van der Waals surface area contributed by atoms with Crippen molar-refractivity contribution in [2.24, 2.45) is 0 Å². The Bertz CT molecular complexity index is 185. The third kappa shape index (κ3) is 2.41. The van der Waals surface area contributed by atoms with Crippen LogP contribution in [0.2, 0.25) is 0 Å². The molecule has 0 aliphatic heterocycles. The summed E-state index contributed by atoms with van der Waals surface area (Å²) >= 11 is 0. The van der Waals surface area contributed by atoms with Crippen molar-refractivity contribution >= 4 is 12.4 Å². The minimum atomic E-state index is -1.53. The van der Waals surface area contributed by atoms with Gasteiger partial charge in [0.15, 0.2) is 0 Å². The number of hydrogen-bond acceptors (Lipinski definition) is 3. The molecule has 0 heterocycles. The molecular weight excluding hydrogens is 148 g/mol. The van der Waals surface area contributed by atoms with E-state index in [-0.39, 0.29) is 6.47 Å². The van der Waals surface area contributed by atoms with Crippen LogP contribution in [0.3, 0.4) is 0 Å². The van der Waals surface area contributed by atoms with Crippen LogP contribution >= 0.6 is 0 Å². The van der Waals surface area contributed by atoms with Crippen LogP contribution in [0.4, 0.5) is 0 Å². The zero-order chi connectivity index (χ0) is 8.91. The fraction of sp³-hybridized carbons (Fsp3) is 0.429. The molecule has 11 heavy (non-hydrogen) atoms. The minimum Gasteiger partial charge on any atom is -0.478 e. The van der Waals surface area contributed by atoms with Gasteiger partial charge in [0, 0.05) is 0 Å². The van der Waals surface area contributed by atoms with Gasteiger partial charge in [0.1, 0.15) is 0 Å². The average Bonchev–Trinajstić information content (AvgIpc) is 1.88. The number of carbonyl (C=O) groups excluding carboxylic acids is 1. The molecule has 0 bridgehead atoms. The quantitative estimate of drug-likeness (QED) is 0.480. The highest BCUT2D eigenvalue weighted by atomic mass is 16.6. The molecule has 0 fully saturated rings. The average molecular weight is 158 g/mol. The van der Waals surface area contributed by atoms with Crippen LogP contribution in [-0.2, 0) is 14.3 Å². The minimum absolute atomic E-state index is 0.119. The third-order valence-corrected chi connectivity index (χ3v) is 1.20. The summed E-state index contributed by atoms with van der Waals surface area (Å²) in [6.07, 6.45) is 2.81. The van der Waals surface area contributed by atoms with Crippen LogP contribution < -0.4 is 0 Å². The highest BCUT2D eigenvalue weighted by Gasteiger charge is 2.31. The molecule has 0 saturated heterocycles. The summed E-state index contributed by atoms with van der Waals surface area (Å²) in [4.78, 5) is 20.3. The summed E-state index contributed by atoms with van der Waals surface area (Å²) in [6, 6.07) is 0. The summed E-state index contributed by atoms with van der Waals surface area (Å²) in [5.74, 6) is -1.19. The van der Waals surface area contributed by atoms with Crippen LogP contribution in [0.25, 0.3) is 0 Å². The molecule has 0 spiro atoms. The van der Waals surface area contributed by atoms with E-state index in [9.17, 15) is 9.59 Å². The molecule has 0 rings (SSSR count). The van der Waals surface area contributed by atoms with Crippen molar-refractivity contribution < 1.29 is 19.4 Å². The smallest absolute Gasteiger partial charge is 0.352 e. The van der Waals surface area contributed by atoms with Crippen molar-refractivity contribution in [3.05, 3.63) is 12.2 Å². The first-order valence-electron chi connectivity index (χ1n) is 3.05. The second-order valence-corrected chi connectivity index (χ2v) is 2.13. The Labute approximate surface area is 64.5 Å². The van der Waals surface area contributed by atoms with E-state index < -0.39 is 11.6 Å². The number of carboxylic acid groups (broad SMARTS) is 1. The Morgan fingerprint density at radius 3 is 2.45 bits per heavy atom. The van der Waals surface area contributed by atoms with Crippen molar-refractivity contribution in [1.82, 2.24) is 0 Å². The van der Waals surface area contributed by atoms with Gasteiger partial charge in [-0.3, -0.25) is 4.79 Å². The Morgan fingerprint density at radius 2 is 2.18 bits per heavy atom. The predicted octanol–water partition coefficient (Wildman–Crippen LogP) is 0.579. The molecule has 0 aliphatic rings. The summed E-state index contributed by atoms with van der Waals surface area (Å²) in [5, 5.41) is 8.56. The van der Waals surface area contributed by atoms with Crippen LogP contribution in [0, 0.1) is 0 Å². The fourth-order valence-corrected chi connectivity index (χ4v) is 0.579. The second-order valence-electron chi connectivity index (χ2n) is 2.13. The molecule has 0 aromatic rings. The van der Waals surface area contributed by atoms with Gasteiger partial charge in [0.05, 0.1) is 0 Å². The SMILES string of the molecule is C/C=C\C(C)(OC=O)C(=O)O. The van der Waals surface area contributed by atoms with Crippen molar-refractivity contribution in [2.75, 3.05) is 0 Å². The molecule has 0 saturated carbocycles. The lowest BCUT2D eigenvalue weighted by Gasteiger charge is -2.17. The van der Waals surface area contributed by atoms with Gasteiger partial charge in [0.25, 0.3) is 6.47 Å². The maximum absolute atomic E-state index is 10.5. The Kier molecular flexibility index (Phi) is 3.30. The molecule has 4 heteroatoms. The van der Waals surface area contributed by atoms with Gasteiger partial charge in [-0.05, 0) is 19.9 Å². The van der Waals surface area contributed by atoms with Crippen LogP contribution in [0.15, 0.2) is 12.2 Å². The van der Waals surface area contributed by atoms with Gasteiger partial charge in [-0.15, -0.1) is 0 Å². The summed E-state index contributed by atoms with van der Waals surface area (Å²) in [7, 11) is 0. The number of carbonyl (C=O) groups is 2. The van der Waals surface area contributed by atoms with E-state index in [1.165, 1.54) is 19.1 Å². The molecule has 1 unspecified atom stereocenters. The molecule has 0 radical (unpaired) electrons. The first-order chi connectivity index (χ1) is 5.06. The first-order valence-corrected chi connectivity index (χ1v) is 3.05. The number of hydrogen-bond donors (Lipinski definition) is 1. The molecule has 0 aromatic heterocycles. The monoisotopic (exact) mass is 158 g/mol. The standard InChI is InChI=1S/C7H10O4/c1-3-4-7(2,6(9)10)11-5-8/h3-5H,1-2H3,(H,9,10)/b4-3-. The van der Waals surface area contributed by atoms with Crippen LogP contribution in [0.5, 0.6) is 0 Å². The van der Waals surface area contributed by atoms with E-state index >= 15 is 0 Å². The molecule has 0 aliphatic carbocycles. The van der Waals surface area contributed by atoms with E-state index in [0.29, 0.717) is 0 Å². The molecule has 0 amide bonds. The van der Waals surface area contributed by atoms with E-state index in [2.05, 4.69) is 4.74 Å². The molecular formula is C7H10O4. The van der Waals surface area contributed by atoms with Crippen LogP contribution in [-0.4, -0.2) is 23.1 Å². The fourth-order valence-electron chi connectivity index (χ4n) is 0.579. The van der Waals surface area contributed by atoms with Crippen LogP contribution in [0.1, 0.15) is 13.8 Å². The molecule has 4 nitrogen and oxygen atoms in total. The highest BCUT2D eigenvalue weighted by Crippen LogP contribution is 2.10. The molecule has 1 atom stereocenters. The van der Waals surface area contributed by atoms with Crippen molar-refractivity contribution in [3.63, 3.8) is 0 Å². The van der Waals surface area contributed by atoms with Crippen molar-refractivity contribution in [1.29, 1.82) is 0 Å². The number of rotatable bonds is 4. The van der Waals surface area contributed by atoms with Crippen molar-refractivity contribution in [2.45, 2.75) is 19.4 Å². The Hall–Kier alpha value is -1.32. The number of carboxylic acids is 1. The van der Waals surface area contributed by atoms with Gasteiger partial charge < -0.3 is 9.84 Å². The predicted molar refractivity (Wildman–Crippen MR) is 38.0 cm³/mol. The third-order valence-electron chi connectivity index (χ3n) is 1.20. The van der Waals surface area contributed by atoms with Gasteiger partial charge in [-0.2, -0.15) is 0 Å². The lowest BCUT2D eigenvalue weighted by atomic mass is 10.1. The van der Waals surface area contributed by atoms with E-state index in [1.807, 2.05) is 0 Å². The van der Waals surface area contributed by atoms with Crippen molar-refractivity contribution in [3.8, 4) is 0 Å². The molecule has 62 valence electrons. The number of allylic oxidation sites excluding steroid dienone is 1.